The van der Waals surface area contributed by atoms with Gasteiger partial charge in [0.25, 0.3) is 0 Å². The molecule has 0 amide bonds. The summed E-state index contributed by atoms with van der Waals surface area (Å²) >= 11 is 0. The van der Waals surface area contributed by atoms with Gasteiger partial charge in [0.05, 0.1) is 24.7 Å². The normalized spacial score (nSPS) is 29.5. The minimum Gasteiger partial charge on any atom is -0.377 e. The van der Waals surface area contributed by atoms with Crippen molar-refractivity contribution in [2.45, 2.75) is 52.1 Å². The Bertz CT molecular complexity index is 197. The second-order valence-electron chi connectivity index (χ2n) is 4.35. The number of hydrogen-bond donors (Lipinski definition) is 0. The highest BCUT2D eigenvalue weighted by atomic mass is 16.5. The zero-order chi connectivity index (χ0) is 10.4. The van der Waals surface area contributed by atoms with Crippen molar-refractivity contribution in [2.24, 2.45) is 11.8 Å². The fraction of sp³-hybridized carbons (Fsp3) is 0.917. The molecule has 1 rings (SSSR count). The Morgan fingerprint density at radius 2 is 2.14 bits per heavy atom. The van der Waals surface area contributed by atoms with Crippen LogP contribution in [0.2, 0.25) is 0 Å². The van der Waals surface area contributed by atoms with Crippen LogP contribution in [-0.4, -0.2) is 12.7 Å². The molecule has 80 valence electrons. The van der Waals surface area contributed by atoms with Gasteiger partial charge in [0.2, 0.25) is 0 Å². The van der Waals surface area contributed by atoms with Crippen molar-refractivity contribution < 1.29 is 4.74 Å². The van der Waals surface area contributed by atoms with E-state index in [1.807, 2.05) is 6.92 Å². The SMILES string of the molecule is CCC1CCCCC1OCC(C)C#N. The van der Waals surface area contributed by atoms with Crippen LogP contribution in [0.1, 0.15) is 46.0 Å². The lowest BCUT2D eigenvalue weighted by atomic mass is 9.85. The molecule has 14 heavy (non-hydrogen) atoms. The van der Waals surface area contributed by atoms with Crippen molar-refractivity contribution in [3.63, 3.8) is 0 Å². The zero-order valence-corrected chi connectivity index (χ0v) is 9.33. The summed E-state index contributed by atoms with van der Waals surface area (Å²) in [5, 5.41) is 8.66. The van der Waals surface area contributed by atoms with Gasteiger partial charge in [-0.2, -0.15) is 5.26 Å². The van der Waals surface area contributed by atoms with E-state index in [1.165, 1.54) is 32.1 Å². The zero-order valence-electron chi connectivity index (χ0n) is 9.33. The van der Waals surface area contributed by atoms with Crippen LogP contribution in [-0.2, 0) is 4.74 Å². The summed E-state index contributed by atoms with van der Waals surface area (Å²) in [6.45, 7) is 4.77. The first-order valence-electron chi connectivity index (χ1n) is 5.79. The van der Waals surface area contributed by atoms with Gasteiger partial charge in [0, 0.05) is 0 Å². The summed E-state index contributed by atoms with van der Waals surface area (Å²) in [7, 11) is 0. The molecule has 0 N–H and O–H groups in total. The Morgan fingerprint density at radius 3 is 2.79 bits per heavy atom. The number of nitriles is 1. The fourth-order valence-corrected chi connectivity index (χ4v) is 2.17. The number of rotatable bonds is 4. The van der Waals surface area contributed by atoms with Gasteiger partial charge >= 0.3 is 0 Å². The van der Waals surface area contributed by atoms with Gasteiger partial charge in [-0.1, -0.05) is 26.2 Å². The average molecular weight is 195 g/mol. The standard InChI is InChI=1S/C12H21NO/c1-3-11-6-4-5-7-12(11)14-9-10(2)8-13/h10-12H,3-7,9H2,1-2H3. The van der Waals surface area contributed by atoms with Crippen molar-refractivity contribution in [3.8, 4) is 6.07 Å². The minimum absolute atomic E-state index is 0.0365. The Hall–Kier alpha value is -0.550. The first-order chi connectivity index (χ1) is 6.77. The minimum atomic E-state index is 0.0365. The second kappa shape index (κ2) is 6.03. The van der Waals surface area contributed by atoms with Crippen LogP contribution in [0.5, 0.6) is 0 Å². The predicted octanol–water partition coefficient (Wildman–Crippen LogP) is 3.13. The monoisotopic (exact) mass is 195 g/mol. The molecule has 0 aliphatic heterocycles. The largest absolute Gasteiger partial charge is 0.377 e. The quantitative estimate of drug-likeness (QED) is 0.690. The van der Waals surface area contributed by atoms with Crippen LogP contribution >= 0.6 is 0 Å². The van der Waals surface area contributed by atoms with Crippen LogP contribution in [0.25, 0.3) is 0 Å². The lowest BCUT2D eigenvalue weighted by Gasteiger charge is -2.31. The maximum Gasteiger partial charge on any atom is 0.0677 e. The van der Waals surface area contributed by atoms with Gasteiger partial charge in [0.15, 0.2) is 0 Å². The molecular weight excluding hydrogens is 174 g/mol. The van der Waals surface area contributed by atoms with Gasteiger partial charge in [-0.15, -0.1) is 0 Å². The molecule has 2 heteroatoms. The topological polar surface area (TPSA) is 33.0 Å². The molecule has 1 aliphatic carbocycles. The molecule has 0 bridgehead atoms. The van der Waals surface area contributed by atoms with Gasteiger partial charge in [0.1, 0.15) is 0 Å². The lowest BCUT2D eigenvalue weighted by Crippen LogP contribution is -2.28. The van der Waals surface area contributed by atoms with E-state index in [0.29, 0.717) is 12.7 Å². The Balaban J connectivity index is 2.30. The second-order valence-corrected chi connectivity index (χ2v) is 4.35. The molecule has 0 spiro atoms. The van der Waals surface area contributed by atoms with E-state index < -0.39 is 0 Å². The summed E-state index contributed by atoms with van der Waals surface area (Å²) in [5.41, 5.74) is 0. The average Bonchev–Trinajstić information content (AvgIpc) is 2.26. The summed E-state index contributed by atoms with van der Waals surface area (Å²) < 4.78 is 5.82. The van der Waals surface area contributed by atoms with Crippen LogP contribution in [0.15, 0.2) is 0 Å². The van der Waals surface area contributed by atoms with E-state index in [1.54, 1.807) is 0 Å². The van der Waals surface area contributed by atoms with Gasteiger partial charge in [-0.3, -0.25) is 0 Å². The Kier molecular flexibility index (Phi) is 4.97. The van der Waals surface area contributed by atoms with Crippen LogP contribution in [0.3, 0.4) is 0 Å². The maximum atomic E-state index is 8.66. The van der Waals surface area contributed by atoms with Gasteiger partial charge in [-0.05, 0) is 25.7 Å². The highest BCUT2D eigenvalue weighted by Gasteiger charge is 2.24. The van der Waals surface area contributed by atoms with Crippen molar-refractivity contribution in [1.82, 2.24) is 0 Å². The molecule has 0 heterocycles. The molecule has 0 saturated heterocycles. The molecular formula is C12H21NO. The molecule has 0 aromatic carbocycles. The third-order valence-corrected chi connectivity index (χ3v) is 3.14. The molecule has 0 radical (unpaired) electrons. The molecule has 1 saturated carbocycles. The highest BCUT2D eigenvalue weighted by Crippen LogP contribution is 2.29. The van der Waals surface area contributed by atoms with Crippen LogP contribution in [0, 0.1) is 23.2 Å². The van der Waals surface area contributed by atoms with Crippen molar-refractivity contribution in [1.29, 1.82) is 5.26 Å². The van der Waals surface area contributed by atoms with E-state index in [9.17, 15) is 0 Å². The summed E-state index contributed by atoms with van der Waals surface area (Å²) in [5.74, 6) is 0.768. The molecule has 3 unspecified atom stereocenters. The molecule has 3 atom stereocenters. The van der Waals surface area contributed by atoms with Crippen LogP contribution < -0.4 is 0 Å². The third kappa shape index (κ3) is 3.31. The van der Waals surface area contributed by atoms with Crippen LogP contribution in [0.4, 0.5) is 0 Å². The predicted molar refractivity (Wildman–Crippen MR) is 56.8 cm³/mol. The molecule has 0 aromatic heterocycles. The van der Waals surface area contributed by atoms with E-state index in [0.717, 1.165) is 5.92 Å². The highest BCUT2D eigenvalue weighted by molar-refractivity contribution is 4.80. The molecule has 2 nitrogen and oxygen atoms in total. The number of nitrogens with zero attached hydrogens (tertiary/aromatic N) is 1. The lowest BCUT2D eigenvalue weighted by molar-refractivity contribution is -0.0195. The molecule has 1 fully saturated rings. The fourth-order valence-electron chi connectivity index (χ4n) is 2.17. The summed E-state index contributed by atoms with van der Waals surface area (Å²) in [6.07, 6.45) is 6.78. The van der Waals surface area contributed by atoms with Crippen molar-refractivity contribution in [3.05, 3.63) is 0 Å². The Labute approximate surface area is 87.3 Å². The smallest absolute Gasteiger partial charge is 0.0677 e. The van der Waals surface area contributed by atoms with E-state index in [2.05, 4.69) is 13.0 Å². The Morgan fingerprint density at radius 1 is 1.43 bits per heavy atom. The number of hydrogen-bond acceptors (Lipinski definition) is 2. The van der Waals surface area contributed by atoms with E-state index in [4.69, 9.17) is 10.00 Å². The van der Waals surface area contributed by atoms with E-state index >= 15 is 0 Å². The summed E-state index contributed by atoms with van der Waals surface area (Å²) in [6, 6.07) is 2.21. The number of ether oxygens (including phenoxy) is 1. The van der Waals surface area contributed by atoms with Crippen molar-refractivity contribution in [2.75, 3.05) is 6.61 Å². The van der Waals surface area contributed by atoms with Gasteiger partial charge in [-0.25, -0.2) is 0 Å². The summed E-state index contributed by atoms with van der Waals surface area (Å²) in [4.78, 5) is 0. The first-order valence-corrected chi connectivity index (χ1v) is 5.79. The molecule has 0 aromatic rings. The first kappa shape index (κ1) is 11.5. The third-order valence-electron chi connectivity index (χ3n) is 3.14. The van der Waals surface area contributed by atoms with Gasteiger partial charge < -0.3 is 4.74 Å². The molecule has 1 aliphatic rings. The van der Waals surface area contributed by atoms with E-state index in [-0.39, 0.29) is 5.92 Å². The maximum absolute atomic E-state index is 8.66. The van der Waals surface area contributed by atoms with Crippen molar-refractivity contribution >= 4 is 0 Å².